The molecule has 2 heterocycles. The second kappa shape index (κ2) is 3.39. The van der Waals surface area contributed by atoms with Crippen LogP contribution in [0.25, 0.3) is 10.8 Å². The molecule has 2 aromatic heterocycles. The van der Waals surface area contributed by atoms with Gasteiger partial charge in [0.2, 0.25) is 0 Å². The molecule has 3 aromatic rings. The summed E-state index contributed by atoms with van der Waals surface area (Å²) in [6, 6.07) is 6.54. The average Bonchev–Trinajstić information content (AvgIpc) is 2.22. The van der Waals surface area contributed by atoms with E-state index in [-0.39, 0.29) is 40.7 Å². The predicted octanol–water partition coefficient (Wildman–Crippen LogP) is -0.0547. The number of aromatic amines is 1. The summed E-state index contributed by atoms with van der Waals surface area (Å²) in [5.74, 6) is 0. The number of rotatable bonds is 0. The van der Waals surface area contributed by atoms with E-state index in [0.29, 0.717) is 10.8 Å². The van der Waals surface area contributed by atoms with E-state index in [0.717, 1.165) is 0 Å². The first kappa shape index (κ1) is 9.45. The summed E-state index contributed by atoms with van der Waals surface area (Å²) < 4.78 is 0. The molecule has 0 aliphatic heterocycles. The van der Waals surface area contributed by atoms with Gasteiger partial charge in [0, 0.05) is 40.3 Å². The third kappa shape index (κ3) is 1.43. The molecule has 3 rings (SSSR count). The van der Waals surface area contributed by atoms with Crippen LogP contribution in [0.5, 0.6) is 0 Å². The second-order valence-corrected chi connectivity index (χ2v) is 2.36. The van der Waals surface area contributed by atoms with Crippen LogP contribution in [0, 0.1) is 0 Å². The minimum Gasteiger partial charge on any atom is -0.288 e. The van der Waals surface area contributed by atoms with Gasteiger partial charge in [-0.25, -0.2) is 0 Å². The number of fused-ring (bicyclic) bond motifs is 4. The quantitative estimate of drug-likeness (QED) is 0.563. The van der Waals surface area contributed by atoms with Crippen molar-refractivity contribution in [3.05, 3.63) is 45.0 Å². The van der Waals surface area contributed by atoms with Crippen LogP contribution in [0.2, 0.25) is 0 Å². The van der Waals surface area contributed by atoms with Gasteiger partial charge in [-0.05, 0) is 24.3 Å². The average molecular weight is 170 g/mol. The molecule has 0 aliphatic carbocycles. The molecule has 0 unspecified atom stereocenters. The van der Waals surface area contributed by atoms with Crippen LogP contribution in [0.15, 0.2) is 33.9 Å². The number of hydrogen-bond acceptors (Lipinski definition) is 2. The van der Waals surface area contributed by atoms with Gasteiger partial charge in [-0.1, -0.05) is 0 Å². The fourth-order valence-electron chi connectivity index (χ4n) is 1.02. The zero-order valence-corrected chi connectivity index (χ0v) is 8.63. The van der Waals surface area contributed by atoms with E-state index in [2.05, 4.69) is 4.98 Å². The van der Waals surface area contributed by atoms with E-state index >= 15 is 0 Å². The zero-order chi connectivity index (χ0) is 7.84. The number of H-pyrrole nitrogens is 1. The molecule has 1 radical (unpaired) electrons. The van der Waals surface area contributed by atoms with Gasteiger partial charge in [-0.15, -0.1) is 0 Å². The molecule has 0 atom stereocenters. The summed E-state index contributed by atoms with van der Waals surface area (Å²) in [6.45, 7) is 0. The fourth-order valence-corrected chi connectivity index (χ4v) is 1.02. The van der Waals surface area contributed by atoms with E-state index in [9.17, 15) is 9.59 Å². The Morgan fingerprint density at radius 1 is 0.833 bits per heavy atom. The summed E-state index contributed by atoms with van der Waals surface area (Å²) in [4.78, 5) is 24.2. The first-order valence-corrected chi connectivity index (χ1v) is 3.23. The molecule has 0 fully saturated rings. The van der Waals surface area contributed by atoms with Crippen molar-refractivity contribution >= 4 is 40.3 Å². The first-order valence-electron chi connectivity index (χ1n) is 3.23. The molecule has 0 aliphatic rings. The van der Waals surface area contributed by atoms with Gasteiger partial charge in [-0.3, -0.25) is 14.6 Å². The molecule has 12 heavy (non-hydrogen) atoms. The van der Waals surface area contributed by atoms with Gasteiger partial charge in [0.25, 0.3) is 11.1 Å². The van der Waals surface area contributed by atoms with Crippen LogP contribution in [0.4, 0.5) is 0 Å². The number of benzene rings is 1. The molecule has 0 saturated carbocycles. The largest absolute Gasteiger partial charge is 0.288 e. The Balaban J connectivity index is 0.000000720. The van der Waals surface area contributed by atoms with Crippen molar-refractivity contribution in [2.45, 2.75) is 0 Å². The Morgan fingerprint density at radius 3 is 1.50 bits per heavy atom. The minimum absolute atomic E-state index is 0. The van der Waals surface area contributed by atoms with Crippen LogP contribution in [0.3, 0.4) is 0 Å². The number of nitrogens with one attached hydrogen (secondary N) is 1. The summed E-state index contributed by atoms with van der Waals surface area (Å²) >= 11 is 0. The summed E-state index contributed by atoms with van der Waals surface area (Å²) in [7, 11) is 0. The van der Waals surface area contributed by atoms with Crippen LogP contribution in [-0.4, -0.2) is 34.5 Å². The van der Waals surface area contributed by atoms with Gasteiger partial charge >= 0.3 is 0 Å². The SMILES string of the molecule is O=c1[nH]c(=O)c2ccc1cc2.[Na]. The molecule has 0 spiro atoms. The van der Waals surface area contributed by atoms with Crippen molar-refractivity contribution in [3.63, 3.8) is 0 Å². The Kier molecular flexibility index (Phi) is 2.67. The zero-order valence-electron chi connectivity index (χ0n) is 6.63. The van der Waals surface area contributed by atoms with Crippen molar-refractivity contribution < 1.29 is 0 Å². The van der Waals surface area contributed by atoms with E-state index in [4.69, 9.17) is 0 Å². The Morgan fingerprint density at radius 2 is 1.17 bits per heavy atom. The van der Waals surface area contributed by atoms with Crippen LogP contribution >= 0.6 is 0 Å². The Hall–Kier alpha value is -0.640. The van der Waals surface area contributed by atoms with Gasteiger partial charge in [-0.2, -0.15) is 0 Å². The van der Waals surface area contributed by atoms with Gasteiger partial charge in [0.15, 0.2) is 0 Å². The van der Waals surface area contributed by atoms with Crippen molar-refractivity contribution in [2.24, 2.45) is 0 Å². The maximum absolute atomic E-state index is 11.0. The van der Waals surface area contributed by atoms with E-state index in [1.807, 2.05) is 0 Å². The predicted molar refractivity (Wildman–Crippen MR) is 47.8 cm³/mol. The molecule has 4 heteroatoms. The Bertz CT molecular complexity index is 427. The van der Waals surface area contributed by atoms with Crippen molar-refractivity contribution in [1.82, 2.24) is 4.98 Å². The Labute approximate surface area is 90.1 Å². The molecular formula is C8H5NNaO2. The second-order valence-electron chi connectivity index (χ2n) is 2.36. The number of aromatic nitrogens is 1. The van der Waals surface area contributed by atoms with Crippen LogP contribution < -0.4 is 11.1 Å². The molecular weight excluding hydrogens is 165 g/mol. The topological polar surface area (TPSA) is 49.9 Å². The minimum atomic E-state index is -0.324. The smallest absolute Gasteiger partial charge is 0.258 e. The van der Waals surface area contributed by atoms with Gasteiger partial charge in [0.05, 0.1) is 0 Å². The van der Waals surface area contributed by atoms with Gasteiger partial charge in [0.1, 0.15) is 0 Å². The molecule has 2 bridgehead atoms. The molecule has 3 nitrogen and oxygen atoms in total. The first-order chi connectivity index (χ1) is 5.27. The van der Waals surface area contributed by atoms with E-state index in [1.165, 1.54) is 0 Å². The van der Waals surface area contributed by atoms with Crippen LogP contribution in [0.1, 0.15) is 0 Å². The van der Waals surface area contributed by atoms with Crippen molar-refractivity contribution in [3.8, 4) is 0 Å². The molecule has 1 N–H and O–H groups in total. The third-order valence-corrected chi connectivity index (χ3v) is 1.64. The summed E-state index contributed by atoms with van der Waals surface area (Å²) in [5.41, 5.74) is -0.648. The normalized spacial score (nSPS) is 9.67. The van der Waals surface area contributed by atoms with Crippen molar-refractivity contribution in [1.29, 1.82) is 0 Å². The standard InChI is InChI=1S/C8H5NO2.Na/c10-7-5-1-2-6(4-3-5)8(11)9-7;/h1-4H,(H,9,10,11);. The van der Waals surface area contributed by atoms with Crippen LogP contribution in [-0.2, 0) is 0 Å². The van der Waals surface area contributed by atoms with E-state index in [1.54, 1.807) is 24.3 Å². The van der Waals surface area contributed by atoms with Crippen molar-refractivity contribution in [2.75, 3.05) is 0 Å². The third-order valence-electron chi connectivity index (χ3n) is 1.64. The molecule has 55 valence electrons. The summed E-state index contributed by atoms with van der Waals surface area (Å²) in [6.07, 6.45) is 0. The maximum Gasteiger partial charge on any atom is 0.258 e. The molecule has 0 amide bonds. The molecule has 1 aromatic carbocycles. The summed E-state index contributed by atoms with van der Waals surface area (Å²) in [5, 5.41) is 1.05. The monoisotopic (exact) mass is 170 g/mol. The maximum atomic E-state index is 11.0. The number of hydrogen-bond donors (Lipinski definition) is 1. The van der Waals surface area contributed by atoms with E-state index < -0.39 is 0 Å². The van der Waals surface area contributed by atoms with Gasteiger partial charge < -0.3 is 0 Å². The fraction of sp³-hybridized carbons (Fsp3) is 0. The molecule has 0 saturated heterocycles.